The molecule has 1 heterocycles. The van der Waals surface area contributed by atoms with Crippen LogP contribution in [0.15, 0.2) is 41.3 Å². The molecule has 0 saturated heterocycles. The molecule has 164 valence electrons. The summed E-state index contributed by atoms with van der Waals surface area (Å²) in [6, 6.07) is 12.7. The van der Waals surface area contributed by atoms with Crippen molar-refractivity contribution in [3.63, 3.8) is 0 Å². The van der Waals surface area contributed by atoms with Gasteiger partial charge in [-0.15, -0.1) is 11.8 Å². The zero-order chi connectivity index (χ0) is 22.3. The highest BCUT2D eigenvalue weighted by atomic mass is 32.2. The normalized spacial score (nSPS) is 14.3. The molecule has 0 saturated carbocycles. The number of unbranched alkanes of at least 4 members (excludes halogenated alkanes) is 2. The zero-order valence-corrected chi connectivity index (χ0v) is 20.2. The first-order valence-electron chi connectivity index (χ1n) is 11.5. The highest BCUT2D eigenvalue weighted by Crippen LogP contribution is 2.42. The third kappa shape index (κ3) is 6.40. The lowest BCUT2D eigenvalue weighted by Gasteiger charge is -2.32. The fourth-order valence-electron chi connectivity index (χ4n) is 3.93. The molecule has 2 aromatic carbocycles. The van der Waals surface area contributed by atoms with E-state index >= 15 is 0 Å². The van der Waals surface area contributed by atoms with Crippen molar-refractivity contribution in [3.05, 3.63) is 64.2 Å². The molecule has 0 bridgehead atoms. The smallest absolute Gasteiger partial charge is 0.310 e. The molecule has 2 nitrogen and oxygen atoms in total. The fraction of sp³-hybridized carbons (Fsp3) is 0.464. The van der Waals surface area contributed by atoms with Gasteiger partial charge in [-0.1, -0.05) is 57.6 Å². The van der Waals surface area contributed by atoms with Crippen molar-refractivity contribution in [2.24, 2.45) is 0 Å². The van der Waals surface area contributed by atoms with Crippen LogP contribution in [0.3, 0.4) is 0 Å². The first-order chi connectivity index (χ1) is 14.9. The minimum atomic E-state index is -0.187. The Hall–Kier alpha value is -2.18. The molecular formula is C28H34O2S. The van der Waals surface area contributed by atoms with Crippen LogP contribution in [0, 0.1) is 11.8 Å². The minimum absolute atomic E-state index is 0.187. The number of hydrogen-bond donors (Lipinski definition) is 0. The van der Waals surface area contributed by atoms with Crippen molar-refractivity contribution in [1.82, 2.24) is 0 Å². The summed E-state index contributed by atoms with van der Waals surface area (Å²) in [7, 11) is 0. The number of aryl methyl sites for hydroxylation is 1. The van der Waals surface area contributed by atoms with Crippen molar-refractivity contribution >= 4 is 17.7 Å². The molecule has 0 radical (unpaired) electrons. The standard InChI is InChI=1S/C28H34O2S/c1-5-7-8-9-23-20-26-25(28(3,4)16-17-31-26)19-24(23)15-14-21-10-12-22(13-11-21)18-27(29)30-6-2/h10-13,19-20H,5-9,16-18H2,1-4H3. The number of ether oxygens (including phenoxy) is 1. The molecule has 0 fully saturated rings. The first-order valence-corrected chi connectivity index (χ1v) is 12.5. The molecule has 3 heteroatoms. The van der Waals surface area contributed by atoms with Crippen LogP contribution in [0.25, 0.3) is 0 Å². The van der Waals surface area contributed by atoms with E-state index in [0.29, 0.717) is 13.0 Å². The second kappa shape index (κ2) is 10.9. The molecule has 31 heavy (non-hydrogen) atoms. The van der Waals surface area contributed by atoms with Gasteiger partial charge in [0.1, 0.15) is 0 Å². The highest BCUT2D eigenvalue weighted by Gasteiger charge is 2.28. The van der Waals surface area contributed by atoms with Gasteiger partial charge in [0, 0.05) is 16.0 Å². The minimum Gasteiger partial charge on any atom is -0.466 e. The van der Waals surface area contributed by atoms with E-state index in [1.807, 2.05) is 43.0 Å². The van der Waals surface area contributed by atoms with E-state index in [4.69, 9.17) is 4.74 Å². The zero-order valence-electron chi connectivity index (χ0n) is 19.3. The average molecular weight is 435 g/mol. The first kappa shape index (κ1) is 23.5. The number of rotatable bonds is 7. The summed E-state index contributed by atoms with van der Waals surface area (Å²) in [5.41, 5.74) is 6.12. The number of thioether (sulfide) groups is 1. The summed E-state index contributed by atoms with van der Waals surface area (Å²) in [5, 5.41) is 0. The number of carbonyl (C=O) groups excluding carboxylic acids is 1. The molecule has 3 rings (SSSR count). The quantitative estimate of drug-likeness (QED) is 0.276. The predicted molar refractivity (Wildman–Crippen MR) is 131 cm³/mol. The SMILES string of the molecule is CCCCCc1cc2c(cc1C#Cc1ccc(CC(=O)OCC)cc1)C(C)(C)CCS2. The van der Waals surface area contributed by atoms with Gasteiger partial charge in [-0.2, -0.15) is 0 Å². The number of carbonyl (C=O) groups is 1. The monoisotopic (exact) mass is 434 g/mol. The van der Waals surface area contributed by atoms with E-state index in [0.717, 1.165) is 17.5 Å². The lowest BCUT2D eigenvalue weighted by molar-refractivity contribution is -0.142. The lowest BCUT2D eigenvalue weighted by atomic mass is 9.80. The van der Waals surface area contributed by atoms with Crippen molar-refractivity contribution in [2.45, 2.75) is 76.5 Å². The Morgan fingerprint density at radius 1 is 1.10 bits per heavy atom. The highest BCUT2D eigenvalue weighted by molar-refractivity contribution is 7.99. The van der Waals surface area contributed by atoms with E-state index in [1.54, 1.807) is 0 Å². The molecule has 1 aliphatic heterocycles. The van der Waals surface area contributed by atoms with Crippen molar-refractivity contribution in [3.8, 4) is 11.8 Å². The van der Waals surface area contributed by atoms with Crippen LogP contribution in [0.4, 0.5) is 0 Å². The summed E-state index contributed by atoms with van der Waals surface area (Å²) in [6.07, 6.45) is 6.29. The van der Waals surface area contributed by atoms with Crippen molar-refractivity contribution in [2.75, 3.05) is 12.4 Å². The van der Waals surface area contributed by atoms with Crippen LogP contribution in [0.2, 0.25) is 0 Å². The van der Waals surface area contributed by atoms with Gasteiger partial charge in [0.2, 0.25) is 0 Å². The van der Waals surface area contributed by atoms with Crippen LogP contribution in [0.5, 0.6) is 0 Å². The Balaban J connectivity index is 1.86. The number of benzene rings is 2. The van der Waals surface area contributed by atoms with Gasteiger partial charge < -0.3 is 4.74 Å². The fourth-order valence-corrected chi connectivity index (χ4v) is 5.48. The van der Waals surface area contributed by atoms with Gasteiger partial charge in [0.25, 0.3) is 0 Å². The summed E-state index contributed by atoms with van der Waals surface area (Å²) in [4.78, 5) is 13.1. The maximum Gasteiger partial charge on any atom is 0.310 e. The van der Waals surface area contributed by atoms with E-state index < -0.39 is 0 Å². The average Bonchev–Trinajstić information content (AvgIpc) is 2.73. The van der Waals surface area contributed by atoms with E-state index in [9.17, 15) is 4.79 Å². The van der Waals surface area contributed by atoms with Crippen LogP contribution in [-0.4, -0.2) is 18.3 Å². The number of fused-ring (bicyclic) bond motifs is 1. The van der Waals surface area contributed by atoms with E-state index in [-0.39, 0.29) is 11.4 Å². The summed E-state index contributed by atoms with van der Waals surface area (Å²) in [5.74, 6) is 7.84. The predicted octanol–water partition coefficient (Wildman–Crippen LogP) is 6.70. The second-order valence-corrected chi connectivity index (χ2v) is 10.0. The van der Waals surface area contributed by atoms with Crippen LogP contribution in [0.1, 0.15) is 81.2 Å². The molecule has 0 spiro atoms. The van der Waals surface area contributed by atoms with Gasteiger partial charge in [-0.3, -0.25) is 4.79 Å². The molecule has 2 aromatic rings. The Kier molecular flexibility index (Phi) is 8.27. The van der Waals surface area contributed by atoms with Gasteiger partial charge >= 0.3 is 5.97 Å². The molecule has 0 unspecified atom stereocenters. The Bertz CT molecular complexity index is 961. The second-order valence-electron chi connectivity index (χ2n) is 8.87. The topological polar surface area (TPSA) is 26.3 Å². The Morgan fingerprint density at radius 3 is 2.58 bits per heavy atom. The van der Waals surface area contributed by atoms with Crippen LogP contribution < -0.4 is 0 Å². The maximum absolute atomic E-state index is 11.7. The van der Waals surface area contributed by atoms with E-state index in [2.05, 4.69) is 44.7 Å². The largest absolute Gasteiger partial charge is 0.466 e. The van der Waals surface area contributed by atoms with Crippen molar-refractivity contribution in [1.29, 1.82) is 0 Å². The molecule has 1 aliphatic rings. The summed E-state index contributed by atoms with van der Waals surface area (Å²) in [6.45, 7) is 9.19. The summed E-state index contributed by atoms with van der Waals surface area (Å²) < 4.78 is 5.03. The van der Waals surface area contributed by atoms with Gasteiger partial charge in [-0.05, 0) is 78.3 Å². The molecule has 0 aromatic heterocycles. The molecule has 0 amide bonds. The third-order valence-electron chi connectivity index (χ3n) is 5.92. The van der Waals surface area contributed by atoms with E-state index in [1.165, 1.54) is 53.0 Å². The summed E-state index contributed by atoms with van der Waals surface area (Å²) >= 11 is 1.99. The van der Waals surface area contributed by atoms with Crippen LogP contribution in [-0.2, 0) is 27.8 Å². The molecular weight excluding hydrogens is 400 g/mol. The van der Waals surface area contributed by atoms with Gasteiger partial charge in [-0.25, -0.2) is 0 Å². The van der Waals surface area contributed by atoms with Gasteiger partial charge in [0.15, 0.2) is 0 Å². The molecule has 0 atom stereocenters. The Morgan fingerprint density at radius 2 is 1.87 bits per heavy atom. The van der Waals surface area contributed by atoms with Gasteiger partial charge in [0.05, 0.1) is 13.0 Å². The number of esters is 1. The maximum atomic E-state index is 11.7. The Labute approximate surface area is 192 Å². The van der Waals surface area contributed by atoms with Crippen molar-refractivity contribution < 1.29 is 9.53 Å². The molecule has 0 aliphatic carbocycles. The lowest BCUT2D eigenvalue weighted by Crippen LogP contribution is -2.23. The third-order valence-corrected chi connectivity index (χ3v) is 6.98. The van der Waals surface area contributed by atoms with Crippen LogP contribution >= 0.6 is 11.8 Å². The number of hydrogen-bond acceptors (Lipinski definition) is 3. The molecule has 0 N–H and O–H groups in total.